The molecule has 0 radical (unpaired) electrons. The molecule has 0 aromatic heterocycles. The van der Waals surface area contributed by atoms with Crippen LogP contribution < -0.4 is 5.73 Å². The number of nitrogens with zero attached hydrogens (tertiary/aromatic N) is 1. The standard InChI is InChI=1S/C14H13ClN2/c15-12-6-8-13(9-7-12)17-14(16)10-11-4-2-1-3-5-11/h1-9H,10H2,(H2,16,17). The van der Waals surface area contributed by atoms with Crippen LogP contribution >= 0.6 is 11.6 Å². The summed E-state index contributed by atoms with van der Waals surface area (Å²) in [5.74, 6) is 0.596. The average Bonchev–Trinajstić information content (AvgIpc) is 2.33. The van der Waals surface area contributed by atoms with Crippen LogP contribution in [0, 0.1) is 0 Å². The number of benzene rings is 2. The zero-order chi connectivity index (χ0) is 12.1. The summed E-state index contributed by atoms with van der Waals surface area (Å²) >= 11 is 5.80. The third-order valence-corrected chi connectivity index (χ3v) is 2.58. The lowest BCUT2D eigenvalue weighted by atomic mass is 10.1. The molecule has 0 heterocycles. The first-order chi connectivity index (χ1) is 8.24. The molecule has 0 atom stereocenters. The second-order valence-corrected chi connectivity index (χ2v) is 4.18. The number of rotatable bonds is 3. The number of aliphatic imine (C=N–C) groups is 1. The molecule has 0 saturated heterocycles. The second-order valence-electron chi connectivity index (χ2n) is 3.74. The normalized spacial score (nSPS) is 11.5. The highest BCUT2D eigenvalue weighted by molar-refractivity contribution is 6.30. The molecule has 0 unspecified atom stereocenters. The molecule has 0 saturated carbocycles. The van der Waals surface area contributed by atoms with E-state index >= 15 is 0 Å². The third-order valence-electron chi connectivity index (χ3n) is 2.33. The van der Waals surface area contributed by atoms with Gasteiger partial charge in [0.2, 0.25) is 0 Å². The molecule has 2 nitrogen and oxygen atoms in total. The van der Waals surface area contributed by atoms with Crippen molar-refractivity contribution in [3.05, 3.63) is 65.2 Å². The van der Waals surface area contributed by atoms with E-state index in [9.17, 15) is 0 Å². The van der Waals surface area contributed by atoms with Gasteiger partial charge in [0.25, 0.3) is 0 Å². The van der Waals surface area contributed by atoms with Crippen molar-refractivity contribution < 1.29 is 0 Å². The van der Waals surface area contributed by atoms with E-state index in [0.29, 0.717) is 17.3 Å². The van der Waals surface area contributed by atoms with Crippen LogP contribution in [-0.2, 0) is 6.42 Å². The summed E-state index contributed by atoms with van der Waals surface area (Å²) < 4.78 is 0. The molecule has 86 valence electrons. The Morgan fingerprint density at radius 2 is 1.65 bits per heavy atom. The third kappa shape index (κ3) is 3.61. The molecule has 0 amide bonds. The van der Waals surface area contributed by atoms with Crippen molar-refractivity contribution in [2.45, 2.75) is 6.42 Å². The highest BCUT2D eigenvalue weighted by atomic mass is 35.5. The van der Waals surface area contributed by atoms with Crippen LogP contribution in [-0.4, -0.2) is 5.84 Å². The smallest absolute Gasteiger partial charge is 0.104 e. The molecule has 2 rings (SSSR count). The van der Waals surface area contributed by atoms with Crippen LogP contribution in [0.1, 0.15) is 5.56 Å². The highest BCUT2D eigenvalue weighted by Gasteiger charge is 1.97. The summed E-state index contributed by atoms with van der Waals surface area (Å²) in [7, 11) is 0. The molecule has 2 aromatic rings. The van der Waals surface area contributed by atoms with Crippen LogP contribution in [0.15, 0.2) is 59.6 Å². The fraction of sp³-hybridized carbons (Fsp3) is 0.0714. The molecule has 0 spiro atoms. The number of hydrogen-bond donors (Lipinski definition) is 1. The minimum atomic E-state index is 0.596. The van der Waals surface area contributed by atoms with E-state index in [1.165, 1.54) is 0 Å². The average molecular weight is 245 g/mol. The minimum Gasteiger partial charge on any atom is -0.387 e. The molecule has 0 aliphatic heterocycles. The van der Waals surface area contributed by atoms with Crippen molar-refractivity contribution in [2.75, 3.05) is 0 Å². The Morgan fingerprint density at radius 3 is 2.29 bits per heavy atom. The Hall–Kier alpha value is -1.80. The summed E-state index contributed by atoms with van der Waals surface area (Å²) in [5, 5.41) is 0.700. The number of amidine groups is 1. The lowest BCUT2D eigenvalue weighted by Gasteiger charge is -2.01. The van der Waals surface area contributed by atoms with Crippen LogP contribution in [0.4, 0.5) is 5.69 Å². The van der Waals surface area contributed by atoms with Gasteiger partial charge in [0.1, 0.15) is 5.84 Å². The summed E-state index contributed by atoms with van der Waals surface area (Å²) in [4.78, 5) is 4.33. The zero-order valence-electron chi connectivity index (χ0n) is 9.31. The SMILES string of the molecule is NC(Cc1ccccc1)=Nc1ccc(Cl)cc1. The van der Waals surface area contributed by atoms with Crippen LogP contribution in [0.5, 0.6) is 0 Å². The maximum absolute atomic E-state index is 5.89. The zero-order valence-corrected chi connectivity index (χ0v) is 10.1. The topological polar surface area (TPSA) is 38.4 Å². The van der Waals surface area contributed by atoms with Gasteiger partial charge >= 0.3 is 0 Å². The fourth-order valence-corrected chi connectivity index (χ4v) is 1.65. The maximum Gasteiger partial charge on any atom is 0.104 e. The van der Waals surface area contributed by atoms with Gasteiger partial charge in [-0.2, -0.15) is 0 Å². The molecule has 0 aliphatic carbocycles. The van der Waals surface area contributed by atoms with Crippen molar-refractivity contribution >= 4 is 23.1 Å². The van der Waals surface area contributed by atoms with Crippen molar-refractivity contribution in [3.8, 4) is 0 Å². The van der Waals surface area contributed by atoms with E-state index < -0.39 is 0 Å². The van der Waals surface area contributed by atoms with Gasteiger partial charge in [0, 0.05) is 11.4 Å². The fourth-order valence-electron chi connectivity index (χ4n) is 1.53. The largest absolute Gasteiger partial charge is 0.387 e. The maximum atomic E-state index is 5.89. The minimum absolute atomic E-state index is 0.596. The molecular formula is C14H13ClN2. The number of halogens is 1. The van der Waals surface area contributed by atoms with Crippen LogP contribution in [0.3, 0.4) is 0 Å². The Morgan fingerprint density at radius 1 is 1.00 bits per heavy atom. The van der Waals surface area contributed by atoms with Crippen molar-refractivity contribution in [3.63, 3.8) is 0 Å². The lowest BCUT2D eigenvalue weighted by Crippen LogP contribution is -2.14. The molecular weight excluding hydrogens is 232 g/mol. The second kappa shape index (κ2) is 5.51. The van der Waals surface area contributed by atoms with E-state index in [1.807, 2.05) is 42.5 Å². The van der Waals surface area contributed by atoms with E-state index in [-0.39, 0.29) is 0 Å². The number of nitrogens with two attached hydrogens (primary N) is 1. The number of hydrogen-bond acceptors (Lipinski definition) is 1. The van der Waals surface area contributed by atoms with Gasteiger partial charge in [-0.05, 0) is 29.8 Å². The lowest BCUT2D eigenvalue weighted by molar-refractivity contribution is 1.27. The van der Waals surface area contributed by atoms with E-state index in [2.05, 4.69) is 4.99 Å². The molecule has 0 bridgehead atoms. The van der Waals surface area contributed by atoms with E-state index in [1.54, 1.807) is 12.1 Å². The van der Waals surface area contributed by atoms with Crippen LogP contribution in [0.2, 0.25) is 5.02 Å². The Bertz CT molecular complexity index is 504. The van der Waals surface area contributed by atoms with Gasteiger partial charge in [0.15, 0.2) is 0 Å². The van der Waals surface area contributed by atoms with Gasteiger partial charge in [-0.3, -0.25) is 0 Å². The molecule has 2 N–H and O–H groups in total. The van der Waals surface area contributed by atoms with Gasteiger partial charge in [-0.1, -0.05) is 41.9 Å². The predicted molar refractivity (Wildman–Crippen MR) is 72.9 cm³/mol. The quantitative estimate of drug-likeness (QED) is 0.651. The van der Waals surface area contributed by atoms with Crippen LogP contribution in [0.25, 0.3) is 0 Å². The van der Waals surface area contributed by atoms with Crippen molar-refractivity contribution in [2.24, 2.45) is 10.7 Å². The predicted octanol–water partition coefficient (Wildman–Crippen LogP) is 3.57. The highest BCUT2D eigenvalue weighted by Crippen LogP contribution is 2.16. The van der Waals surface area contributed by atoms with E-state index in [4.69, 9.17) is 17.3 Å². The summed E-state index contributed by atoms with van der Waals surface area (Å²) in [6.45, 7) is 0. The molecule has 3 heteroatoms. The summed E-state index contributed by atoms with van der Waals surface area (Å²) in [6, 6.07) is 17.3. The van der Waals surface area contributed by atoms with E-state index in [0.717, 1.165) is 11.3 Å². The van der Waals surface area contributed by atoms with Crippen molar-refractivity contribution in [1.82, 2.24) is 0 Å². The van der Waals surface area contributed by atoms with Gasteiger partial charge in [-0.15, -0.1) is 0 Å². The van der Waals surface area contributed by atoms with Gasteiger partial charge in [-0.25, -0.2) is 4.99 Å². The molecule has 0 aliphatic rings. The Kier molecular flexibility index (Phi) is 3.78. The Labute approximate surface area is 106 Å². The molecule has 17 heavy (non-hydrogen) atoms. The van der Waals surface area contributed by atoms with Gasteiger partial charge < -0.3 is 5.73 Å². The monoisotopic (exact) mass is 244 g/mol. The first kappa shape index (κ1) is 11.7. The summed E-state index contributed by atoms with van der Waals surface area (Å²) in [6.07, 6.45) is 0.656. The molecule has 2 aromatic carbocycles. The first-order valence-corrected chi connectivity index (χ1v) is 5.74. The molecule has 0 fully saturated rings. The van der Waals surface area contributed by atoms with Crippen molar-refractivity contribution in [1.29, 1.82) is 0 Å². The van der Waals surface area contributed by atoms with Gasteiger partial charge in [0.05, 0.1) is 5.69 Å². The Balaban J connectivity index is 2.09. The first-order valence-electron chi connectivity index (χ1n) is 5.36. The summed E-state index contributed by atoms with van der Waals surface area (Å²) in [5.41, 5.74) is 7.87.